The highest BCUT2D eigenvalue weighted by atomic mass is 16.5. The Balaban J connectivity index is 1.59. The van der Waals surface area contributed by atoms with Gasteiger partial charge in [0.25, 0.3) is 0 Å². The van der Waals surface area contributed by atoms with Gasteiger partial charge in [0.2, 0.25) is 0 Å². The highest BCUT2D eigenvalue weighted by molar-refractivity contribution is 5.79. The van der Waals surface area contributed by atoms with Crippen molar-refractivity contribution in [1.82, 2.24) is 15.5 Å². The number of nitrogens with zero attached hydrogens (tertiary/aromatic N) is 2. The summed E-state index contributed by atoms with van der Waals surface area (Å²) in [5.74, 6) is 2.58. The van der Waals surface area contributed by atoms with Crippen LogP contribution in [0.3, 0.4) is 0 Å². The SMILES string of the molecule is CCOC(CCNC(=NC)NCCC1CCN(CC)CC1)C1CCCC1. The molecule has 0 aromatic rings. The van der Waals surface area contributed by atoms with Crippen LogP contribution < -0.4 is 10.6 Å². The molecule has 2 rings (SSSR count). The number of nitrogens with one attached hydrogen (secondary N) is 2. The zero-order chi connectivity index (χ0) is 18.6. The first-order chi connectivity index (χ1) is 12.8. The quantitative estimate of drug-likeness (QED) is 0.460. The van der Waals surface area contributed by atoms with Gasteiger partial charge in [0, 0.05) is 26.7 Å². The Bertz CT molecular complexity index is 387. The van der Waals surface area contributed by atoms with Crippen LogP contribution in [0, 0.1) is 11.8 Å². The van der Waals surface area contributed by atoms with Gasteiger partial charge in [-0.1, -0.05) is 19.8 Å². The van der Waals surface area contributed by atoms with Crippen molar-refractivity contribution in [2.75, 3.05) is 46.4 Å². The van der Waals surface area contributed by atoms with E-state index in [1.807, 2.05) is 7.05 Å². The van der Waals surface area contributed by atoms with Crippen LogP contribution >= 0.6 is 0 Å². The molecule has 1 atom stereocenters. The molecule has 0 amide bonds. The minimum Gasteiger partial charge on any atom is -0.378 e. The van der Waals surface area contributed by atoms with Crippen molar-refractivity contribution in [1.29, 1.82) is 0 Å². The number of hydrogen-bond acceptors (Lipinski definition) is 3. The average Bonchev–Trinajstić information content (AvgIpc) is 3.21. The molecule has 2 aliphatic rings. The van der Waals surface area contributed by atoms with Gasteiger partial charge >= 0.3 is 0 Å². The molecule has 1 saturated carbocycles. The molecule has 1 saturated heterocycles. The Hall–Kier alpha value is -0.810. The smallest absolute Gasteiger partial charge is 0.190 e. The summed E-state index contributed by atoms with van der Waals surface area (Å²) in [4.78, 5) is 6.94. The highest BCUT2D eigenvalue weighted by Gasteiger charge is 2.25. The molecule has 0 radical (unpaired) electrons. The van der Waals surface area contributed by atoms with E-state index >= 15 is 0 Å². The molecule has 1 aliphatic carbocycles. The fraction of sp³-hybridized carbons (Fsp3) is 0.952. The van der Waals surface area contributed by atoms with Gasteiger partial charge in [-0.05, 0) is 76.9 Å². The van der Waals surface area contributed by atoms with Gasteiger partial charge in [-0.15, -0.1) is 0 Å². The van der Waals surface area contributed by atoms with Gasteiger partial charge in [0.05, 0.1) is 6.10 Å². The Morgan fingerprint density at radius 2 is 1.77 bits per heavy atom. The van der Waals surface area contributed by atoms with Crippen LogP contribution in [0.2, 0.25) is 0 Å². The van der Waals surface area contributed by atoms with Gasteiger partial charge in [-0.3, -0.25) is 4.99 Å². The van der Waals surface area contributed by atoms with E-state index in [2.05, 4.69) is 34.4 Å². The number of hydrogen-bond donors (Lipinski definition) is 2. The van der Waals surface area contributed by atoms with Crippen molar-refractivity contribution in [2.45, 2.75) is 71.3 Å². The normalized spacial score (nSPS) is 21.9. The van der Waals surface area contributed by atoms with Crippen molar-refractivity contribution < 1.29 is 4.74 Å². The third kappa shape index (κ3) is 7.43. The molecule has 26 heavy (non-hydrogen) atoms. The maximum absolute atomic E-state index is 6.02. The summed E-state index contributed by atoms with van der Waals surface area (Å²) in [5, 5.41) is 6.99. The standard InChI is InChI=1S/C21H42N4O/c1-4-25-16-12-18(13-17-25)10-14-23-21(22-3)24-15-11-20(26-5-2)19-8-6-7-9-19/h18-20H,4-17H2,1-3H3,(H2,22,23,24). The van der Waals surface area contributed by atoms with E-state index in [1.54, 1.807) is 0 Å². The van der Waals surface area contributed by atoms with E-state index in [0.29, 0.717) is 6.10 Å². The number of rotatable bonds is 10. The minimum absolute atomic E-state index is 0.414. The first kappa shape index (κ1) is 21.5. The van der Waals surface area contributed by atoms with Crippen molar-refractivity contribution in [3.8, 4) is 0 Å². The Morgan fingerprint density at radius 1 is 1.08 bits per heavy atom. The predicted octanol–water partition coefficient (Wildman–Crippen LogP) is 3.26. The third-order valence-corrected chi connectivity index (χ3v) is 6.25. The summed E-state index contributed by atoms with van der Waals surface area (Å²) >= 11 is 0. The number of aliphatic imine (C=N–C) groups is 1. The summed E-state index contributed by atoms with van der Waals surface area (Å²) in [7, 11) is 1.87. The summed E-state index contributed by atoms with van der Waals surface area (Å²) in [6.07, 6.45) is 10.9. The Kier molecular flexibility index (Phi) is 10.4. The van der Waals surface area contributed by atoms with Crippen molar-refractivity contribution in [2.24, 2.45) is 16.8 Å². The summed E-state index contributed by atoms with van der Waals surface area (Å²) in [6, 6.07) is 0. The van der Waals surface area contributed by atoms with Gasteiger partial charge in [0.1, 0.15) is 0 Å². The van der Waals surface area contributed by atoms with E-state index in [0.717, 1.165) is 43.9 Å². The molecule has 152 valence electrons. The fourth-order valence-electron chi connectivity index (χ4n) is 4.54. The molecule has 0 spiro atoms. The number of ether oxygens (including phenoxy) is 1. The maximum Gasteiger partial charge on any atom is 0.190 e. The molecule has 0 aromatic carbocycles. The molecular formula is C21H42N4O. The molecule has 1 aliphatic heterocycles. The largest absolute Gasteiger partial charge is 0.378 e. The lowest BCUT2D eigenvalue weighted by molar-refractivity contribution is 0.0169. The van der Waals surface area contributed by atoms with Crippen LogP contribution in [-0.2, 0) is 4.74 Å². The van der Waals surface area contributed by atoms with E-state index in [9.17, 15) is 0 Å². The lowest BCUT2D eigenvalue weighted by Crippen LogP contribution is -2.41. The van der Waals surface area contributed by atoms with Crippen molar-refractivity contribution in [3.63, 3.8) is 0 Å². The Labute approximate surface area is 161 Å². The first-order valence-electron chi connectivity index (χ1n) is 11.0. The van der Waals surface area contributed by atoms with Crippen molar-refractivity contribution >= 4 is 5.96 Å². The van der Waals surface area contributed by atoms with Gasteiger partial charge < -0.3 is 20.3 Å². The summed E-state index contributed by atoms with van der Waals surface area (Å²) in [5.41, 5.74) is 0. The Morgan fingerprint density at radius 3 is 2.38 bits per heavy atom. The highest BCUT2D eigenvalue weighted by Crippen LogP contribution is 2.30. The topological polar surface area (TPSA) is 48.9 Å². The second-order valence-corrected chi connectivity index (χ2v) is 7.92. The molecule has 5 nitrogen and oxygen atoms in total. The van der Waals surface area contributed by atoms with Crippen molar-refractivity contribution in [3.05, 3.63) is 0 Å². The van der Waals surface area contributed by atoms with Crippen LogP contribution in [0.5, 0.6) is 0 Å². The average molecular weight is 367 g/mol. The van der Waals surface area contributed by atoms with E-state index in [4.69, 9.17) is 4.74 Å². The van der Waals surface area contributed by atoms with E-state index in [1.165, 1.54) is 64.6 Å². The molecule has 1 heterocycles. The lowest BCUT2D eigenvalue weighted by Gasteiger charge is -2.31. The van der Waals surface area contributed by atoms with E-state index < -0.39 is 0 Å². The third-order valence-electron chi connectivity index (χ3n) is 6.25. The molecular weight excluding hydrogens is 324 g/mol. The number of piperidine rings is 1. The lowest BCUT2D eigenvalue weighted by atomic mass is 9.93. The molecule has 2 fully saturated rings. The zero-order valence-electron chi connectivity index (χ0n) is 17.4. The summed E-state index contributed by atoms with van der Waals surface area (Å²) in [6.45, 7) is 10.9. The minimum atomic E-state index is 0.414. The summed E-state index contributed by atoms with van der Waals surface area (Å²) < 4.78 is 6.02. The van der Waals surface area contributed by atoms with Gasteiger partial charge in [0.15, 0.2) is 5.96 Å². The van der Waals surface area contributed by atoms with Crippen LogP contribution in [-0.4, -0.2) is 63.3 Å². The monoisotopic (exact) mass is 366 g/mol. The molecule has 1 unspecified atom stereocenters. The molecule has 5 heteroatoms. The second-order valence-electron chi connectivity index (χ2n) is 7.92. The maximum atomic E-state index is 6.02. The number of guanidine groups is 1. The van der Waals surface area contributed by atoms with Gasteiger partial charge in [-0.25, -0.2) is 0 Å². The van der Waals surface area contributed by atoms with Gasteiger partial charge in [-0.2, -0.15) is 0 Å². The van der Waals surface area contributed by atoms with E-state index in [-0.39, 0.29) is 0 Å². The first-order valence-corrected chi connectivity index (χ1v) is 11.0. The fourth-order valence-corrected chi connectivity index (χ4v) is 4.54. The second kappa shape index (κ2) is 12.6. The molecule has 0 aromatic heterocycles. The van der Waals surface area contributed by atoms with Crippen LogP contribution in [0.1, 0.15) is 65.2 Å². The van der Waals surface area contributed by atoms with Crippen LogP contribution in [0.4, 0.5) is 0 Å². The zero-order valence-corrected chi connectivity index (χ0v) is 17.4. The van der Waals surface area contributed by atoms with Crippen LogP contribution in [0.25, 0.3) is 0 Å². The number of likely N-dealkylation sites (tertiary alicyclic amines) is 1. The molecule has 2 N–H and O–H groups in total. The molecule has 0 bridgehead atoms. The van der Waals surface area contributed by atoms with Crippen LogP contribution in [0.15, 0.2) is 4.99 Å². The predicted molar refractivity (Wildman–Crippen MR) is 111 cm³/mol.